The van der Waals surface area contributed by atoms with Crippen molar-refractivity contribution in [1.82, 2.24) is 5.43 Å². The number of ether oxygens (including phenoxy) is 1. The van der Waals surface area contributed by atoms with E-state index in [2.05, 4.69) is 18.3 Å². The van der Waals surface area contributed by atoms with Gasteiger partial charge in [0.05, 0.1) is 0 Å². The van der Waals surface area contributed by atoms with Crippen LogP contribution in [0.1, 0.15) is 19.8 Å². The van der Waals surface area contributed by atoms with Crippen molar-refractivity contribution < 1.29 is 4.74 Å². The summed E-state index contributed by atoms with van der Waals surface area (Å²) in [5.74, 6) is 8.39. The van der Waals surface area contributed by atoms with Gasteiger partial charge in [-0.2, -0.15) is 0 Å². The van der Waals surface area contributed by atoms with E-state index in [9.17, 15) is 0 Å². The summed E-state index contributed by atoms with van der Waals surface area (Å²) in [7, 11) is 1.70. The summed E-state index contributed by atoms with van der Waals surface area (Å²) in [5.41, 5.74) is 2.69. The Labute approximate surface area is 74.6 Å². The van der Waals surface area contributed by atoms with Gasteiger partial charge in [0.15, 0.2) is 0 Å². The molecule has 2 atom stereocenters. The number of terminal acetylenes is 1. The summed E-state index contributed by atoms with van der Waals surface area (Å²) >= 11 is 0. The van der Waals surface area contributed by atoms with Gasteiger partial charge < -0.3 is 4.74 Å². The maximum Gasteiger partial charge on any atom is 0.0488 e. The molecule has 3 nitrogen and oxygen atoms in total. The molecule has 0 aliphatic carbocycles. The fourth-order valence-corrected chi connectivity index (χ4v) is 1.19. The lowest BCUT2D eigenvalue weighted by Crippen LogP contribution is -2.36. The van der Waals surface area contributed by atoms with Crippen LogP contribution < -0.4 is 11.3 Å². The van der Waals surface area contributed by atoms with Crippen molar-refractivity contribution >= 4 is 0 Å². The fourth-order valence-electron chi connectivity index (χ4n) is 1.19. The molecule has 0 saturated carbocycles. The third-order valence-electron chi connectivity index (χ3n) is 1.74. The highest BCUT2D eigenvalue weighted by molar-refractivity contribution is 4.89. The normalized spacial score (nSPS) is 15.2. The van der Waals surface area contributed by atoms with Gasteiger partial charge in [0.2, 0.25) is 0 Å². The Bertz CT molecular complexity index is 142. The Morgan fingerprint density at radius 3 is 2.75 bits per heavy atom. The molecule has 0 heterocycles. The summed E-state index contributed by atoms with van der Waals surface area (Å²) in [6, 6.07) is 0.208. The first-order valence-electron chi connectivity index (χ1n) is 4.13. The van der Waals surface area contributed by atoms with Crippen molar-refractivity contribution in [2.75, 3.05) is 13.7 Å². The minimum atomic E-state index is 0.208. The Morgan fingerprint density at radius 1 is 1.67 bits per heavy atom. The van der Waals surface area contributed by atoms with Crippen LogP contribution in [0.5, 0.6) is 0 Å². The molecule has 0 amide bonds. The predicted octanol–water partition coefficient (Wildman–Crippen LogP) is 0.514. The highest BCUT2D eigenvalue weighted by Gasteiger charge is 2.09. The molecule has 0 saturated heterocycles. The Balaban J connectivity index is 3.62. The molecular weight excluding hydrogens is 152 g/mol. The summed E-state index contributed by atoms with van der Waals surface area (Å²) in [6.07, 6.45) is 6.80. The first-order valence-corrected chi connectivity index (χ1v) is 4.13. The first kappa shape index (κ1) is 11.4. The summed E-state index contributed by atoms with van der Waals surface area (Å²) in [6.45, 7) is 2.87. The number of hydrogen-bond donors (Lipinski definition) is 2. The standard InChI is InChI=1S/C9H18N2O/c1-4-5-9(11-10)6-8(2)7-12-3/h1,8-9,11H,5-7,10H2,2-3H3. The second-order valence-corrected chi connectivity index (χ2v) is 3.07. The quantitative estimate of drug-likeness (QED) is 0.347. The molecule has 12 heavy (non-hydrogen) atoms. The zero-order chi connectivity index (χ0) is 9.40. The number of methoxy groups -OCH3 is 1. The van der Waals surface area contributed by atoms with Crippen LogP contribution in [-0.4, -0.2) is 19.8 Å². The van der Waals surface area contributed by atoms with Crippen molar-refractivity contribution in [3.63, 3.8) is 0 Å². The van der Waals surface area contributed by atoms with Gasteiger partial charge in [-0.05, 0) is 12.3 Å². The number of hydrogen-bond acceptors (Lipinski definition) is 3. The van der Waals surface area contributed by atoms with Gasteiger partial charge in [-0.1, -0.05) is 6.92 Å². The average Bonchev–Trinajstić information content (AvgIpc) is 2.04. The van der Waals surface area contributed by atoms with E-state index in [-0.39, 0.29) is 6.04 Å². The van der Waals surface area contributed by atoms with Gasteiger partial charge >= 0.3 is 0 Å². The highest BCUT2D eigenvalue weighted by atomic mass is 16.5. The molecule has 2 unspecified atom stereocenters. The third kappa shape index (κ3) is 5.14. The van der Waals surface area contributed by atoms with Crippen LogP contribution in [0.4, 0.5) is 0 Å². The molecule has 3 heteroatoms. The van der Waals surface area contributed by atoms with E-state index in [1.807, 2.05) is 0 Å². The van der Waals surface area contributed by atoms with Crippen LogP contribution in [-0.2, 0) is 4.74 Å². The Hall–Kier alpha value is -0.560. The molecule has 0 rings (SSSR count). The smallest absolute Gasteiger partial charge is 0.0488 e. The summed E-state index contributed by atoms with van der Waals surface area (Å²) in [4.78, 5) is 0. The molecule has 0 aromatic carbocycles. The van der Waals surface area contributed by atoms with E-state index in [1.54, 1.807) is 7.11 Å². The average molecular weight is 170 g/mol. The van der Waals surface area contributed by atoms with Gasteiger partial charge in [-0.25, -0.2) is 0 Å². The van der Waals surface area contributed by atoms with Crippen molar-refractivity contribution in [2.45, 2.75) is 25.8 Å². The minimum Gasteiger partial charge on any atom is -0.384 e. The maximum absolute atomic E-state index is 5.32. The largest absolute Gasteiger partial charge is 0.384 e. The van der Waals surface area contributed by atoms with Crippen molar-refractivity contribution in [3.05, 3.63) is 0 Å². The maximum atomic E-state index is 5.32. The van der Waals surface area contributed by atoms with E-state index in [0.717, 1.165) is 13.0 Å². The lowest BCUT2D eigenvalue weighted by atomic mass is 10.0. The summed E-state index contributed by atoms with van der Waals surface area (Å²) < 4.78 is 5.01. The Kier molecular flexibility index (Phi) is 6.78. The summed E-state index contributed by atoms with van der Waals surface area (Å²) in [5, 5.41) is 0. The first-order chi connectivity index (χ1) is 5.74. The van der Waals surface area contributed by atoms with Crippen LogP contribution in [0.25, 0.3) is 0 Å². The third-order valence-corrected chi connectivity index (χ3v) is 1.74. The monoisotopic (exact) mass is 170 g/mol. The molecule has 0 fully saturated rings. The fraction of sp³-hybridized carbons (Fsp3) is 0.778. The molecular formula is C9H18N2O. The second kappa shape index (κ2) is 7.11. The van der Waals surface area contributed by atoms with E-state index in [1.165, 1.54) is 0 Å². The van der Waals surface area contributed by atoms with E-state index in [4.69, 9.17) is 17.0 Å². The molecule has 0 aromatic heterocycles. The lowest BCUT2D eigenvalue weighted by Gasteiger charge is -2.17. The molecule has 0 spiro atoms. The number of rotatable bonds is 6. The minimum absolute atomic E-state index is 0.208. The highest BCUT2D eigenvalue weighted by Crippen LogP contribution is 2.07. The predicted molar refractivity (Wildman–Crippen MR) is 50.2 cm³/mol. The zero-order valence-electron chi connectivity index (χ0n) is 7.84. The zero-order valence-corrected chi connectivity index (χ0v) is 7.84. The molecule has 3 N–H and O–H groups in total. The second-order valence-electron chi connectivity index (χ2n) is 3.07. The van der Waals surface area contributed by atoms with Crippen LogP contribution in [0.2, 0.25) is 0 Å². The van der Waals surface area contributed by atoms with E-state index >= 15 is 0 Å². The SMILES string of the molecule is C#CCC(CC(C)COC)NN. The van der Waals surface area contributed by atoms with Crippen molar-refractivity contribution in [2.24, 2.45) is 11.8 Å². The topological polar surface area (TPSA) is 47.3 Å². The van der Waals surface area contributed by atoms with E-state index in [0.29, 0.717) is 12.3 Å². The molecule has 0 bridgehead atoms. The number of nitrogens with one attached hydrogen (secondary N) is 1. The van der Waals surface area contributed by atoms with Gasteiger partial charge in [-0.3, -0.25) is 11.3 Å². The lowest BCUT2D eigenvalue weighted by molar-refractivity contribution is 0.149. The van der Waals surface area contributed by atoms with Crippen LogP contribution in [0.15, 0.2) is 0 Å². The molecule has 0 radical (unpaired) electrons. The molecule has 0 aliphatic rings. The number of hydrazine groups is 1. The van der Waals surface area contributed by atoms with Crippen molar-refractivity contribution in [1.29, 1.82) is 0 Å². The van der Waals surface area contributed by atoms with Crippen LogP contribution in [0, 0.1) is 18.3 Å². The van der Waals surface area contributed by atoms with Gasteiger partial charge in [0, 0.05) is 26.2 Å². The molecule has 0 aromatic rings. The Morgan fingerprint density at radius 2 is 2.33 bits per heavy atom. The van der Waals surface area contributed by atoms with Gasteiger partial charge in [0.25, 0.3) is 0 Å². The van der Waals surface area contributed by atoms with Crippen LogP contribution in [0.3, 0.4) is 0 Å². The number of nitrogens with two attached hydrogens (primary N) is 1. The van der Waals surface area contributed by atoms with Crippen LogP contribution >= 0.6 is 0 Å². The van der Waals surface area contributed by atoms with Gasteiger partial charge in [-0.15, -0.1) is 12.3 Å². The van der Waals surface area contributed by atoms with E-state index < -0.39 is 0 Å². The molecule has 70 valence electrons. The van der Waals surface area contributed by atoms with Gasteiger partial charge in [0.1, 0.15) is 0 Å². The van der Waals surface area contributed by atoms with Crippen molar-refractivity contribution in [3.8, 4) is 12.3 Å². The molecule has 0 aliphatic heterocycles.